The van der Waals surface area contributed by atoms with Crippen molar-refractivity contribution in [1.82, 2.24) is 5.32 Å². The molecule has 1 aromatic carbocycles. The van der Waals surface area contributed by atoms with Gasteiger partial charge in [-0.15, -0.1) is 0 Å². The highest BCUT2D eigenvalue weighted by atomic mass is 16.4. The van der Waals surface area contributed by atoms with E-state index in [4.69, 9.17) is 5.11 Å². The molecule has 16 heavy (non-hydrogen) atoms. The molecule has 4 nitrogen and oxygen atoms in total. The second kappa shape index (κ2) is 5.09. The molecule has 0 fully saturated rings. The SMILES string of the molecule is CC(O)C(C)(NCc1ccccc1)C(=O)O. The molecule has 88 valence electrons. The van der Waals surface area contributed by atoms with Gasteiger partial charge in [-0.2, -0.15) is 0 Å². The smallest absolute Gasteiger partial charge is 0.326 e. The minimum atomic E-state index is -1.32. The Morgan fingerprint density at radius 1 is 1.44 bits per heavy atom. The highest BCUT2D eigenvalue weighted by Gasteiger charge is 2.37. The van der Waals surface area contributed by atoms with Gasteiger partial charge in [0.25, 0.3) is 0 Å². The lowest BCUT2D eigenvalue weighted by Gasteiger charge is -2.29. The standard InChI is InChI=1S/C12H17NO3/c1-9(14)12(2,11(15)16)13-8-10-6-4-3-5-7-10/h3-7,9,13-14H,8H2,1-2H3,(H,15,16). The van der Waals surface area contributed by atoms with Crippen LogP contribution in [0.5, 0.6) is 0 Å². The zero-order valence-electron chi connectivity index (χ0n) is 9.47. The normalized spacial score (nSPS) is 16.4. The lowest BCUT2D eigenvalue weighted by atomic mass is 9.95. The molecule has 0 amide bonds. The summed E-state index contributed by atoms with van der Waals surface area (Å²) in [5.74, 6) is -1.06. The first-order valence-corrected chi connectivity index (χ1v) is 5.17. The van der Waals surface area contributed by atoms with Crippen molar-refractivity contribution in [3.8, 4) is 0 Å². The monoisotopic (exact) mass is 223 g/mol. The largest absolute Gasteiger partial charge is 0.480 e. The summed E-state index contributed by atoms with van der Waals surface area (Å²) in [4.78, 5) is 11.1. The van der Waals surface area contributed by atoms with Gasteiger partial charge in [-0.1, -0.05) is 30.3 Å². The average molecular weight is 223 g/mol. The fourth-order valence-corrected chi connectivity index (χ4v) is 1.28. The van der Waals surface area contributed by atoms with Gasteiger partial charge in [0.1, 0.15) is 5.54 Å². The molecule has 2 unspecified atom stereocenters. The Labute approximate surface area is 94.9 Å². The van der Waals surface area contributed by atoms with E-state index < -0.39 is 17.6 Å². The third-order valence-corrected chi connectivity index (χ3v) is 2.78. The number of carboxylic acid groups (broad SMARTS) is 1. The zero-order chi connectivity index (χ0) is 12.2. The number of hydrogen-bond acceptors (Lipinski definition) is 3. The van der Waals surface area contributed by atoms with Crippen LogP contribution in [0, 0.1) is 0 Å². The molecule has 1 aromatic rings. The Morgan fingerprint density at radius 3 is 2.44 bits per heavy atom. The molecular weight excluding hydrogens is 206 g/mol. The molecule has 0 spiro atoms. The van der Waals surface area contributed by atoms with Crippen molar-refractivity contribution in [2.24, 2.45) is 0 Å². The molecular formula is C12H17NO3. The van der Waals surface area contributed by atoms with Gasteiger partial charge < -0.3 is 10.2 Å². The van der Waals surface area contributed by atoms with Crippen LogP contribution in [0.15, 0.2) is 30.3 Å². The Balaban J connectivity index is 2.69. The van der Waals surface area contributed by atoms with E-state index in [9.17, 15) is 9.90 Å². The Bertz CT molecular complexity index is 351. The second-order valence-corrected chi connectivity index (χ2v) is 4.02. The third kappa shape index (κ3) is 2.81. The first kappa shape index (κ1) is 12.7. The Morgan fingerprint density at radius 2 is 2.00 bits per heavy atom. The van der Waals surface area contributed by atoms with Crippen molar-refractivity contribution in [2.45, 2.75) is 32.0 Å². The molecule has 0 aliphatic carbocycles. The highest BCUT2D eigenvalue weighted by Crippen LogP contribution is 2.11. The van der Waals surface area contributed by atoms with Crippen molar-refractivity contribution in [3.63, 3.8) is 0 Å². The first-order chi connectivity index (χ1) is 7.47. The van der Waals surface area contributed by atoms with Crippen LogP contribution in [0.2, 0.25) is 0 Å². The van der Waals surface area contributed by atoms with E-state index in [1.54, 1.807) is 0 Å². The number of aliphatic hydroxyl groups excluding tert-OH is 1. The van der Waals surface area contributed by atoms with Gasteiger partial charge in [-0.05, 0) is 19.4 Å². The number of aliphatic carboxylic acids is 1. The molecule has 4 heteroatoms. The van der Waals surface area contributed by atoms with Gasteiger partial charge in [0.15, 0.2) is 0 Å². The lowest BCUT2D eigenvalue weighted by molar-refractivity contribution is -0.148. The van der Waals surface area contributed by atoms with Crippen LogP contribution in [0.1, 0.15) is 19.4 Å². The predicted octanol–water partition coefficient (Wildman–Crippen LogP) is 1.00. The summed E-state index contributed by atoms with van der Waals surface area (Å²) in [5.41, 5.74) is -0.342. The average Bonchev–Trinajstić information content (AvgIpc) is 2.26. The maximum atomic E-state index is 11.1. The predicted molar refractivity (Wildman–Crippen MR) is 61.0 cm³/mol. The van der Waals surface area contributed by atoms with Crippen molar-refractivity contribution in [2.75, 3.05) is 0 Å². The molecule has 0 radical (unpaired) electrons. The van der Waals surface area contributed by atoms with E-state index in [0.29, 0.717) is 6.54 Å². The Hall–Kier alpha value is -1.39. The topological polar surface area (TPSA) is 69.6 Å². The summed E-state index contributed by atoms with van der Waals surface area (Å²) in [5, 5.41) is 21.4. The molecule has 0 aliphatic rings. The third-order valence-electron chi connectivity index (χ3n) is 2.78. The van der Waals surface area contributed by atoms with Gasteiger partial charge in [-0.25, -0.2) is 0 Å². The van der Waals surface area contributed by atoms with Gasteiger partial charge in [0, 0.05) is 6.54 Å². The summed E-state index contributed by atoms with van der Waals surface area (Å²) in [6.07, 6.45) is -0.964. The van der Waals surface area contributed by atoms with Gasteiger partial charge >= 0.3 is 5.97 Å². The van der Waals surface area contributed by atoms with Crippen LogP contribution in [-0.2, 0) is 11.3 Å². The first-order valence-electron chi connectivity index (χ1n) is 5.17. The quantitative estimate of drug-likeness (QED) is 0.696. The molecule has 1 rings (SSSR count). The van der Waals surface area contributed by atoms with E-state index in [0.717, 1.165) is 5.56 Å². The number of nitrogens with one attached hydrogen (secondary N) is 1. The molecule has 2 atom stereocenters. The van der Waals surface area contributed by atoms with Crippen LogP contribution >= 0.6 is 0 Å². The molecule has 3 N–H and O–H groups in total. The fraction of sp³-hybridized carbons (Fsp3) is 0.417. The Kier molecular flexibility index (Phi) is 4.04. The van der Waals surface area contributed by atoms with E-state index in [1.165, 1.54) is 13.8 Å². The maximum Gasteiger partial charge on any atom is 0.326 e. The second-order valence-electron chi connectivity index (χ2n) is 4.02. The molecule has 0 heterocycles. The summed E-state index contributed by atoms with van der Waals surface area (Å²) >= 11 is 0. The number of aliphatic hydroxyl groups is 1. The molecule has 0 aromatic heterocycles. The fourth-order valence-electron chi connectivity index (χ4n) is 1.28. The summed E-state index contributed by atoms with van der Waals surface area (Å²) < 4.78 is 0. The van der Waals surface area contributed by atoms with Gasteiger partial charge in [0.05, 0.1) is 6.10 Å². The molecule has 0 saturated heterocycles. The van der Waals surface area contributed by atoms with E-state index in [1.807, 2.05) is 30.3 Å². The van der Waals surface area contributed by atoms with Crippen LogP contribution in [0.4, 0.5) is 0 Å². The number of carbonyl (C=O) groups is 1. The number of hydrogen-bond donors (Lipinski definition) is 3. The van der Waals surface area contributed by atoms with Crippen molar-refractivity contribution in [3.05, 3.63) is 35.9 Å². The minimum Gasteiger partial charge on any atom is -0.480 e. The van der Waals surface area contributed by atoms with Crippen LogP contribution < -0.4 is 5.32 Å². The number of rotatable bonds is 5. The van der Waals surface area contributed by atoms with E-state index in [-0.39, 0.29) is 0 Å². The summed E-state index contributed by atoms with van der Waals surface area (Å²) in [6.45, 7) is 3.35. The molecule has 0 bridgehead atoms. The van der Waals surface area contributed by atoms with Crippen molar-refractivity contribution in [1.29, 1.82) is 0 Å². The number of carboxylic acids is 1. The lowest BCUT2D eigenvalue weighted by Crippen LogP contribution is -2.56. The van der Waals surface area contributed by atoms with Crippen molar-refractivity contribution >= 4 is 5.97 Å². The van der Waals surface area contributed by atoms with Gasteiger partial charge in [-0.3, -0.25) is 10.1 Å². The number of benzene rings is 1. The molecule has 0 saturated carbocycles. The van der Waals surface area contributed by atoms with Crippen LogP contribution in [0.3, 0.4) is 0 Å². The zero-order valence-corrected chi connectivity index (χ0v) is 9.47. The molecule has 0 aliphatic heterocycles. The van der Waals surface area contributed by atoms with Gasteiger partial charge in [0.2, 0.25) is 0 Å². The van der Waals surface area contributed by atoms with Crippen LogP contribution in [-0.4, -0.2) is 27.8 Å². The van der Waals surface area contributed by atoms with E-state index >= 15 is 0 Å². The minimum absolute atomic E-state index is 0.411. The van der Waals surface area contributed by atoms with Crippen molar-refractivity contribution < 1.29 is 15.0 Å². The highest BCUT2D eigenvalue weighted by molar-refractivity contribution is 5.79. The summed E-state index contributed by atoms with van der Waals surface area (Å²) in [7, 11) is 0. The maximum absolute atomic E-state index is 11.1. The van der Waals surface area contributed by atoms with E-state index in [2.05, 4.69) is 5.32 Å². The summed E-state index contributed by atoms with van der Waals surface area (Å²) in [6, 6.07) is 9.47. The van der Waals surface area contributed by atoms with Crippen LogP contribution in [0.25, 0.3) is 0 Å².